The maximum absolute atomic E-state index is 13.4. The van der Waals surface area contributed by atoms with Crippen LogP contribution >= 0.6 is 0 Å². The van der Waals surface area contributed by atoms with E-state index in [4.69, 9.17) is 5.11 Å². The Morgan fingerprint density at radius 1 is 1.38 bits per heavy atom. The number of hydrogen-bond acceptors (Lipinski definition) is 1. The molecule has 0 fully saturated rings. The van der Waals surface area contributed by atoms with Gasteiger partial charge in [0, 0.05) is 5.56 Å². The van der Waals surface area contributed by atoms with Gasteiger partial charge in [-0.25, -0.2) is 8.78 Å². The number of halogens is 2. The lowest BCUT2D eigenvalue weighted by Gasteiger charge is -2.15. The Balaban J connectivity index is 3.14. The molecule has 1 aromatic rings. The maximum atomic E-state index is 13.4. The van der Waals surface area contributed by atoms with E-state index in [2.05, 4.69) is 0 Å². The van der Waals surface area contributed by atoms with Gasteiger partial charge in [-0.2, -0.15) is 0 Å². The van der Waals surface area contributed by atoms with E-state index in [-0.39, 0.29) is 5.56 Å². The monoisotopic (exact) mass is 186 g/mol. The van der Waals surface area contributed by atoms with E-state index in [1.807, 2.05) is 0 Å². The molecular formula is C10H12F2O. The summed E-state index contributed by atoms with van der Waals surface area (Å²) in [6.07, 6.45) is 0. The Hall–Kier alpha value is -0.960. The molecule has 0 radical (unpaired) electrons. The average Bonchev–Trinajstić information content (AvgIpc) is 2.03. The lowest BCUT2D eigenvalue weighted by atomic mass is 9.98. The molecule has 0 saturated carbocycles. The van der Waals surface area contributed by atoms with Crippen LogP contribution in [-0.2, 0) is 12.3 Å². The van der Waals surface area contributed by atoms with Crippen molar-refractivity contribution in [2.45, 2.75) is 26.1 Å². The molecule has 1 aromatic carbocycles. The summed E-state index contributed by atoms with van der Waals surface area (Å²) in [5.41, 5.74) is -1.00. The zero-order valence-electron chi connectivity index (χ0n) is 7.64. The van der Waals surface area contributed by atoms with Crippen molar-refractivity contribution >= 4 is 0 Å². The largest absolute Gasteiger partial charge is 0.392 e. The van der Waals surface area contributed by atoms with E-state index < -0.39 is 18.1 Å². The molecule has 13 heavy (non-hydrogen) atoms. The van der Waals surface area contributed by atoms with Crippen LogP contribution in [-0.4, -0.2) is 5.11 Å². The molecule has 3 heteroatoms. The van der Waals surface area contributed by atoms with Crippen molar-refractivity contribution in [3.05, 3.63) is 35.1 Å². The van der Waals surface area contributed by atoms with Gasteiger partial charge in [0.1, 0.15) is 11.5 Å². The molecule has 72 valence electrons. The van der Waals surface area contributed by atoms with Crippen molar-refractivity contribution < 1.29 is 13.9 Å². The third kappa shape index (κ3) is 2.25. The molecule has 1 N–H and O–H groups in total. The summed E-state index contributed by atoms with van der Waals surface area (Å²) in [6, 6.07) is 3.89. The lowest BCUT2D eigenvalue weighted by Crippen LogP contribution is -2.10. The Labute approximate surface area is 76.0 Å². The third-order valence-electron chi connectivity index (χ3n) is 1.90. The van der Waals surface area contributed by atoms with Gasteiger partial charge >= 0.3 is 0 Å². The molecule has 0 aliphatic heterocycles. The minimum atomic E-state index is -1.50. The van der Waals surface area contributed by atoms with Crippen LogP contribution in [0.2, 0.25) is 0 Å². The van der Waals surface area contributed by atoms with Crippen molar-refractivity contribution in [2.24, 2.45) is 0 Å². The van der Waals surface area contributed by atoms with Crippen LogP contribution in [0, 0.1) is 5.82 Å². The number of rotatable bonds is 2. The van der Waals surface area contributed by atoms with Crippen molar-refractivity contribution in [3.63, 3.8) is 0 Å². The quantitative estimate of drug-likeness (QED) is 0.752. The van der Waals surface area contributed by atoms with E-state index in [0.29, 0.717) is 5.56 Å². The molecule has 0 heterocycles. The standard InChI is InChI=1S/C10H12F2O/c1-10(2,12)8-3-4-9(11)7(5-8)6-13/h3-5,13H,6H2,1-2H3. The predicted molar refractivity (Wildman–Crippen MR) is 46.5 cm³/mol. The number of hydrogen-bond donors (Lipinski definition) is 1. The minimum absolute atomic E-state index is 0.128. The SMILES string of the molecule is CC(C)(F)c1ccc(F)c(CO)c1. The average molecular weight is 186 g/mol. The van der Waals surface area contributed by atoms with Gasteiger partial charge in [0.2, 0.25) is 0 Å². The Morgan fingerprint density at radius 3 is 2.46 bits per heavy atom. The fraction of sp³-hybridized carbons (Fsp3) is 0.400. The second-order valence-electron chi connectivity index (χ2n) is 3.44. The summed E-state index contributed by atoms with van der Waals surface area (Å²) in [5, 5.41) is 8.75. The van der Waals surface area contributed by atoms with Crippen LogP contribution in [0.15, 0.2) is 18.2 Å². The highest BCUT2D eigenvalue weighted by atomic mass is 19.1. The van der Waals surface area contributed by atoms with Crippen molar-refractivity contribution in [3.8, 4) is 0 Å². The predicted octanol–water partition coefficient (Wildman–Crippen LogP) is 2.52. The Morgan fingerprint density at radius 2 is 2.00 bits per heavy atom. The normalized spacial score (nSPS) is 11.8. The van der Waals surface area contributed by atoms with Crippen LogP contribution in [0.4, 0.5) is 8.78 Å². The Bertz CT molecular complexity index is 302. The first-order valence-corrected chi connectivity index (χ1v) is 4.04. The van der Waals surface area contributed by atoms with E-state index in [1.54, 1.807) is 0 Å². The first-order valence-electron chi connectivity index (χ1n) is 4.04. The van der Waals surface area contributed by atoms with Gasteiger partial charge in [0.05, 0.1) is 6.61 Å². The van der Waals surface area contributed by atoms with Crippen LogP contribution in [0.3, 0.4) is 0 Å². The van der Waals surface area contributed by atoms with Gasteiger partial charge in [-0.3, -0.25) is 0 Å². The molecular weight excluding hydrogens is 174 g/mol. The summed E-state index contributed by atoms with van der Waals surface area (Å²) in [5.74, 6) is -0.504. The highest BCUT2D eigenvalue weighted by Crippen LogP contribution is 2.26. The van der Waals surface area contributed by atoms with Gasteiger partial charge in [0.15, 0.2) is 0 Å². The van der Waals surface area contributed by atoms with E-state index in [9.17, 15) is 8.78 Å². The van der Waals surface area contributed by atoms with Crippen LogP contribution < -0.4 is 0 Å². The minimum Gasteiger partial charge on any atom is -0.392 e. The van der Waals surface area contributed by atoms with Crippen molar-refractivity contribution in [1.82, 2.24) is 0 Å². The molecule has 0 aliphatic rings. The number of alkyl halides is 1. The van der Waals surface area contributed by atoms with Crippen molar-refractivity contribution in [2.75, 3.05) is 0 Å². The summed E-state index contributed by atoms with van der Waals surface area (Å²) < 4.78 is 26.2. The molecule has 0 bridgehead atoms. The molecule has 1 nitrogen and oxygen atoms in total. The lowest BCUT2D eigenvalue weighted by molar-refractivity contribution is 0.220. The molecule has 0 amide bonds. The van der Waals surface area contributed by atoms with E-state index in [1.165, 1.54) is 32.0 Å². The third-order valence-corrected chi connectivity index (χ3v) is 1.90. The zero-order valence-corrected chi connectivity index (χ0v) is 7.64. The van der Waals surface area contributed by atoms with E-state index in [0.717, 1.165) is 0 Å². The van der Waals surface area contributed by atoms with Gasteiger partial charge < -0.3 is 5.11 Å². The molecule has 1 rings (SSSR count). The summed E-state index contributed by atoms with van der Waals surface area (Å²) in [7, 11) is 0. The number of aliphatic hydroxyl groups is 1. The summed E-state index contributed by atoms with van der Waals surface area (Å²) in [6.45, 7) is 2.37. The van der Waals surface area contributed by atoms with Gasteiger partial charge in [-0.15, -0.1) is 0 Å². The molecule has 0 atom stereocenters. The molecule has 0 spiro atoms. The smallest absolute Gasteiger partial charge is 0.130 e. The second kappa shape index (κ2) is 3.42. The summed E-state index contributed by atoms with van der Waals surface area (Å²) >= 11 is 0. The molecule has 0 unspecified atom stereocenters. The van der Waals surface area contributed by atoms with Crippen LogP contribution in [0.1, 0.15) is 25.0 Å². The fourth-order valence-electron chi connectivity index (χ4n) is 1.07. The zero-order chi connectivity index (χ0) is 10.1. The van der Waals surface area contributed by atoms with Crippen molar-refractivity contribution in [1.29, 1.82) is 0 Å². The fourth-order valence-corrected chi connectivity index (χ4v) is 1.07. The van der Waals surface area contributed by atoms with Gasteiger partial charge in [-0.05, 0) is 31.5 Å². The van der Waals surface area contributed by atoms with E-state index >= 15 is 0 Å². The highest BCUT2D eigenvalue weighted by Gasteiger charge is 2.19. The molecule has 0 aliphatic carbocycles. The first kappa shape index (κ1) is 10.1. The second-order valence-corrected chi connectivity index (χ2v) is 3.44. The Kier molecular flexibility index (Phi) is 2.66. The van der Waals surface area contributed by atoms with Gasteiger partial charge in [-0.1, -0.05) is 6.07 Å². The van der Waals surface area contributed by atoms with Gasteiger partial charge in [0.25, 0.3) is 0 Å². The van der Waals surface area contributed by atoms with Crippen LogP contribution in [0.5, 0.6) is 0 Å². The number of aliphatic hydroxyl groups excluding tert-OH is 1. The summed E-state index contributed by atoms with van der Waals surface area (Å²) in [4.78, 5) is 0. The maximum Gasteiger partial charge on any atom is 0.130 e. The molecule has 0 saturated heterocycles. The topological polar surface area (TPSA) is 20.2 Å². The highest BCUT2D eigenvalue weighted by molar-refractivity contribution is 5.28. The number of benzene rings is 1. The van der Waals surface area contributed by atoms with Crippen LogP contribution in [0.25, 0.3) is 0 Å². The molecule has 0 aromatic heterocycles. The first-order chi connectivity index (χ1) is 5.95.